The molecule has 4 unspecified atom stereocenters. The highest BCUT2D eigenvalue weighted by molar-refractivity contribution is 5.89. The molecule has 4 aliphatic rings. The van der Waals surface area contributed by atoms with E-state index in [4.69, 9.17) is 0 Å². The molecule has 0 spiro atoms. The van der Waals surface area contributed by atoms with Crippen LogP contribution in [0.1, 0.15) is 46.4 Å². The van der Waals surface area contributed by atoms with Crippen LogP contribution in [-0.4, -0.2) is 22.3 Å². The van der Waals surface area contributed by atoms with Crippen LogP contribution in [0.2, 0.25) is 0 Å². The highest BCUT2D eigenvalue weighted by Gasteiger charge is 2.65. The minimum absolute atomic E-state index is 0.0366. The molecule has 4 aromatic carbocycles. The molecule has 0 saturated carbocycles. The Hall–Kier alpha value is -3.81. The molecule has 4 atom stereocenters. The predicted molar refractivity (Wildman–Crippen MR) is 137 cm³/mol. The standard InChI is InChI=1S/C32H24F4N2O/c33-22-9-1-18(2-10-22)28-26-29(19-3-11-23(34)12-4-19)38-17-37(28)30(20-5-13-24(35)14-6-20)27(32(26)39)31(38)21-7-15-25(36)16-8-21/h1-16,26-31H,17H2. The topological polar surface area (TPSA) is 23.6 Å². The Morgan fingerprint density at radius 1 is 0.436 bits per heavy atom. The number of hydrogen-bond acceptors (Lipinski definition) is 3. The van der Waals surface area contributed by atoms with Gasteiger partial charge in [-0.1, -0.05) is 48.5 Å². The third-order valence-corrected chi connectivity index (χ3v) is 8.62. The SMILES string of the molecule is O=C1C2C(c3ccc(F)cc3)N3CN(C2c2ccc(F)cc2)C(c2ccc(F)cc2)C1C3c1ccc(F)cc1. The zero-order valence-corrected chi connectivity index (χ0v) is 20.7. The van der Waals surface area contributed by atoms with Gasteiger partial charge in [-0.15, -0.1) is 0 Å². The minimum Gasteiger partial charge on any atom is -0.299 e. The number of hydrogen-bond donors (Lipinski definition) is 0. The number of ketones is 1. The quantitative estimate of drug-likeness (QED) is 0.269. The maximum Gasteiger partial charge on any atom is 0.146 e. The van der Waals surface area contributed by atoms with Crippen molar-refractivity contribution in [1.82, 2.24) is 9.80 Å². The molecule has 0 amide bonds. The molecule has 39 heavy (non-hydrogen) atoms. The third-order valence-electron chi connectivity index (χ3n) is 8.62. The fourth-order valence-corrected chi connectivity index (χ4v) is 7.14. The van der Waals surface area contributed by atoms with Crippen molar-refractivity contribution in [2.24, 2.45) is 11.8 Å². The second kappa shape index (κ2) is 9.14. The Labute approximate surface area is 223 Å². The number of rotatable bonds is 4. The summed E-state index contributed by atoms with van der Waals surface area (Å²) < 4.78 is 55.7. The zero-order chi connectivity index (χ0) is 26.8. The lowest BCUT2D eigenvalue weighted by atomic mass is 9.60. The molecule has 0 N–H and O–H groups in total. The lowest BCUT2D eigenvalue weighted by Gasteiger charge is -2.67. The third kappa shape index (κ3) is 3.83. The number of Topliss-reactive ketones (excluding diaryl/α,β-unsaturated/α-hetero) is 1. The van der Waals surface area contributed by atoms with Crippen molar-refractivity contribution >= 4 is 5.78 Å². The van der Waals surface area contributed by atoms with Gasteiger partial charge in [-0.2, -0.15) is 0 Å². The summed E-state index contributed by atoms with van der Waals surface area (Å²) in [6, 6.07) is 23.4. The molecular weight excluding hydrogens is 504 g/mol. The van der Waals surface area contributed by atoms with Gasteiger partial charge in [0.2, 0.25) is 0 Å². The van der Waals surface area contributed by atoms with Gasteiger partial charge >= 0.3 is 0 Å². The van der Waals surface area contributed by atoms with E-state index in [1.54, 1.807) is 48.5 Å². The van der Waals surface area contributed by atoms with E-state index in [-0.39, 0.29) is 53.2 Å². The lowest BCUT2D eigenvalue weighted by molar-refractivity contribution is -0.208. The molecule has 4 aromatic rings. The second-order valence-electron chi connectivity index (χ2n) is 10.6. The first-order chi connectivity index (χ1) is 18.9. The van der Waals surface area contributed by atoms with E-state index in [0.29, 0.717) is 6.67 Å². The first-order valence-corrected chi connectivity index (χ1v) is 13.0. The summed E-state index contributed by atoms with van der Waals surface area (Å²) in [4.78, 5) is 19.1. The van der Waals surface area contributed by atoms with Crippen LogP contribution < -0.4 is 0 Å². The number of benzene rings is 4. The van der Waals surface area contributed by atoms with Gasteiger partial charge in [0.15, 0.2) is 0 Å². The van der Waals surface area contributed by atoms with E-state index >= 15 is 0 Å². The number of carbonyl (C=O) groups excluding carboxylic acids is 1. The van der Waals surface area contributed by atoms with E-state index in [1.807, 2.05) is 0 Å². The molecule has 4 aliphatic heterocycles. The monoisotopic (exact) mass is 528 g/mol. The second-order valence-corrected chi connectivity index (χ2v) is 10.6. The molecule has 4 heterocycles. The summed E-state index contributed by atoms with van der Waals surface area (Å²) in [5.74, 6) is -2.44. The minimum atomic E-state index is -0.506. The maximum atomic E-state index is 14.6. The molecule has 7 heteroatoms. The van der Waals surface area contributed by atoms with Crippen LogP contribution in [0.3, 0.4) is 0 Å². The molecule has 0 aromatic heterocycles. The highest BCUT2D eigenvalue weighted by atomic mass is 19.1. The molecule has 8 rings (SSSR count). The van der Waals surface area contributed by atoms with Crippen molar-refractivity contribution in [3.63, 3.8) is 0 Å². The normalized spacial score (nSPS) is 31.0. The average Bonchev–Trinajstić information content (AvgIpc) is 2.94. The fraction of sp³-hybridized carbons (Fsp3) is 0.219. The lowest BCUT2D eigenvalue weighted by Crippen LogP contribution is -2.69. The summed E-state index contributed by atoms with van der Waals surface area (Å²) in [6.45, 7) is 0.453. The molecule has 0 radical (unpaired) electrons. The first-order valence-electron chi connectivity index (χ1n) is 13.0. The summed E-state index contributed by atoms with van der Waals surface area (Å²) in [5, 5.41) is 0. The van der Waals surface area contributed by atoms with Gasteiger partial charge in [0.1, 0.15) is 29.1 Å². The Morgan fingerprint density at radius 3 is 0.897 bits per heavy atom. The van der Waals surface area contributed by atoms with E-state index in [0.717, 1.165) is 22.3 Å². The summed E-state index contributed by atoms with van der Waals surface area (Å²) in [7, 11) is 0. The zero-order valence-electron chi connectivity index (χ0n) is 20.7. The van der Waals surface area contributed by atoms with Crippen molar-refractivity contribution in [3.05, 3.63) is 143 Å². The van der Waals surface area contributed by atoms with Crippen molar-refractivity contribution < 1.29 is 22.4 Å². The van der Waals surface area contributed by atoms with Crippen LogP contribution in [-0.2, 0) is 4.79 Å². The van der Waals surface area contributed by atoms with Crippen molar-refractivity contribution in [3.8, 4) is 0 Å². The molecule has 4 saturated heterocycles. The smallest absolute Gasteiger partial charge is 0.146 e. The average molecular weight is 529 g/mol. The molecular formula is C32H24F4N2O. The molecule has 196 valence electrons. The maximum absolute atomic E-state index is 14.6. The van der Waals surface area contributed by atoms with E-state index in [9.17, 15) is 22.4 Å². The fourth-order valence-electron chi connectivity index (χ4n) is 7.14. The Bertz CT molecular complexity index is 1300. The number of carbonyl (C=O) groups is 1. The van der Waals surface area contributed by atoms with Gasteiger partial charge in [0.25, 0.3) is 0 Å². The van der Waals surface area contributed by atoms with Crippen LogP contribution in [0.4, 0.5) is 17.6 Å². The van der Waals surface area contributed by atoms with E-state index in [1.165, 1.54) is 48.5 Å². The van der Waals surface area contributed by atoms with Gasteiger partial charge in [-0.25, -0.2) is 17.6 Å². The van der Waals surface area contributed by atoms with Crippen molar-refractivity contribution in [2.75, 3.05) is 6.67 Å². The molecule has 3 nitrogen and oxygen atoms in total. The van der Waals surface area contributed by atoms with Gasteiger partial charge in [-0.3, -0.25) is 14.6 Å². The van der Waals surface area contributed by atoms with Crippen LogP contribution >= 0.6 is 0 Å². The highest BCUT2D eigenvalue weighted by Crippen LogP contribution is 2.64. The van der Waals surface area contributed by atoms with Crippen LogP contribution in [0, 0.1) is 35.1 Å². The van der Waals surface area contributed by atoms with Crippen molar-refractivity contribution in [2.45, 2.75) is 24.2 Å². The first kappa shape index (κ1) is 24.2. The Balaban J connectivity index is 1.44. The molecule has 4 bridgehead atoms. The van der Waals surface area contributed by atoms with Crippen molar-refractivity contribution in [1.29, 1.82) is 0 Å². The van der Waals surface area contributed by atoms with Crippen LogP contribution in [0.25, 0.3) is 0 Å². The summed E-state index contributed by atoms with van der Waals surface area (Å²) in [5.41, 5.74) is 3.25. The largest absolute Gasteiger partial charge is 0.299 e. The Morgan fingerprint density at radius 2 is 0.667 bits per heavy atom. The molecule has 0 aliphatic carbocycles. The number of halogens is 4. The van der Waals surface area contributed by atoms with Gasteiger partial charge in [0.05, 0.1) is 18.5 Å². The van der Waals surface area contributed by atoms with Crippen LogP contribution in [0.15, 0.2) is 97.1 Å². The van der Waals surface area contributed by atoms with E-state index < -0.39 is 11.8 Å². The number of piperidine rings is 2. The van der Waals surface area contributed by atoms with Gasteiger partial charge < -0.3 is 0 Å². The summed E-state index contributed by atoms with van der Waals surface area (Å²) >= 11 is 0. The number of nitrogens with zero attached hydrogens (tertiary/aromatic N) is 2. The Kier molecular flexibility index (Phi) is 5.68. The van der Waals surface area contributed by atoms with Gasteiger partial charge in [0, 0.05) is 24.2 Å². The van der Waals surface area contributed by atoms with Gasteiger partial charge in [-0.05, 0) is 70.8 Å². The predicted octanol–water partition coefficient (Wildman–Crippen LogP) is 6.91. The van der Waals surface area contributed by atoms with Crippen LogP contribution in [0.5, 0.6) is 0 Å². The molecule has 4 fully saturated rings. The van der Waals surface area contributed by atoms with E-state index in [2.05, 4.69) is 9.80 Å². The summed E-state index contributed by atoms with van der Waals surface area (Å²) in [6.07, 6.45) is 0.